The minimum absolute atomic E-state index is 0.211. The molecule has 5 nitrogen and oxygen atoms in total. The van der Waals surface area contributed by atoms with Crippen LogP contribution in [0.2, 0.25) is 5.02 Å². The number of carbonyl (C=O) groups excluding carboxylic acids is 1. The lowest BCUT2D eigenvalue weighted by Gasteiger charge is -2.21. The van der Waals surface area contributed by atoms with Crippen molar-refractivity contribution in [2.24, 2.45) is 0 Å². The molecule has 134 valence electrons. The first-order valence-corrected chi connectivity index (χ1v) is 9.01. The Labute approximate surface area is 156 Å². The van der Waals surface area contributed by atoms with Crippen LogP contribution in [0.1, 0.15) is 16.9 Å². The number of aliphatic hydroxyl groups is 1. The van der Waals surface area contributed by atoms with E-state index in [0.29, 0.717) is 23.7 Å². The van der Waals surface area contributed by atoms with Crippen molar-refractivity contribution in [2.45, 2.75) is 12.0 Å². The molecule has 1 aromatic heterocycles. The van der Waals surface area contributed by atoms with Crippen molar-refractivity contribution in [3.63, 3.8) is 0 Å². The molecule has 0 bridgehead atoms. The van der Waals surface area contributed by atoms with Gasteiger partial charge in [0.1, 0.15) is 5.69 Å². The Morgan fingerprint density at radius 1 is 1.23 bits per heavy atom. The van der Waals surface area contributed by atoms with Gasteiger partial charge >= 0.3 is 0 Å². The van der Waals surface area contributed by atoms with Crippen molar-refractivity contribution in [1.29, 1.82) is 0 Å². The van der Waals surface area contributed by atoms with E-state index in [-0.39, 0.29) is 12.5 Å². The largest absolute Gasteiger partial charge is 0.387 e. The fourth-order valence-electron chi connectivity index (χ4n) is 3.45. The smallest absolute Gasteiger partial charge is 0.268 e. The number of benzene rings is 2. The number of carbonyl (C=O) groups is 1. The average molecular weight is 370 g/mol. The third-order valence-corrected chi connectivity index (χ3v) is 5.08. The van der Waals surface area contributed by atoms with Gasteiger partial charge in [-0.3, -0.25) is 4.79 Å². The van der Waals surface area contributed by atoms with Gasteiger partial charge in [0.25, 0.3) is 5.91 Å². The van der Waals surface area contributed by atoms with E-state index < -0.39 is 5.60 Å². The Bertz CT molecular complexity index is 946. The summed E-state index contributed by atoms with van der Waals surface area (Å²) in [6.45, 7) is 1.46. The van der Waals surface area contributed by atoms with Crippen LogP contribution < -0.4 is 10.6 Å². The maximum absolute atomic E-state index is 12.9. The molecule has 0 radical (unpaired) electrons. The van der Waals surface area contributed by atoms with Crippen molar-refractivity contribution >= 4 is 28.4 Å². The molecule has 26 heavy (non-hydrogen) atoms. The third kappa shape index (κ3) is 3.21. The second-order valence-corrected chi connectivity index (χ2v) is 7.20. The molecular weight excluding hydrogens is 350 g/mol. The Hall–Kier alpha value is -2.34. The van der Waals surface area contributed by atoms with Crippen LogP contribution in [0.4, 0.5) is 0 Å². The molecule has 1 saturated heterocycles. The molecule has 4 N–H and O–H groups in total. The lowest BCUT2D eigenvalue weighted by atomic mass is 10.0. The zero-order valence-corrected chi connectivity index (χ0v) is 14.9. The molecule has 0 saturated carbocycles. The summed E-state index contributed by atoms with van der Waals surface area (Å²) in [6, 6.07) is 15.3. The summed E-state index contributed by atoms with van der Waals surface area (Å²) in [5, 5.41) is 18.0. The van der Waals surface area contributed by atoms with Crippen LogP contribution in [0.3, 0.4) is 0 Å². The molecule has 4 rings (SSSR count). The van der Waals surface area contributed by atoms with E-state index in [1.807, 2.05) is 42.5 Å². The molecule has 1 aliphatic rings. The standard InChI is InChI=1S/C20H20ClN3O2/c21-14-6-7-16-15(10-14)17(13-4-2-1-3-5-13)18(24-16)19(25)23-12-20(26)8-9-22-11-20/h1-7,10,22,24,26H,8-9,11-12H2,(H,23,25)/t20-/m0/s1. The number of β-amino-alcohol motifs (C(OH)–C–C–N with tert-alkyl or cyclic N) is 1. The van der Waals surface area contributed by atoms with Crippen LogP contribution >= 0.6 is 11.6 Å². The van der Waals surface area contributed by atoms with Crippen molar-refractivity contribution in [2.75, 3.05) is 19.6 Å². The zero-order valence-electron chi connectivity index (χ0n) is 14.2. The first-order valence-electron chi connectivity index (χ1n) is 8.64. The Kier molecular flexibility index (Phi) is 4.44. The lowest BCUT2D eigenvalue weighted by Crippen LogP contribution is -2.44. The highest BCUT2D eigenvalue weighted by Crippen LogP contribution is 2.34. The number of nitrogens with one attached hydrogen (secondary N) is 3. The summed E-state index contributed by atoms with van der Waals surface area (Å²) in [4.78, 5) is 16.1. The molecule has 6 heteroatoms. The molecule has 2 aromatic carbocycles. The Morgan fingerprint density at radius 2 is 2.04 bits per heavy atom. The lowest BCUT2D eigenvalue weighted by molar-refractivity contribution is 0.0561. The monoisotopic (exact) mass is 369 g/mol. The van der Waals surface area contributed by atoms with E-state index in [2.05, 4.69) is 15.6 Å². The summed E-state index contributed by atoms with van der Waals surface area (Å²) < 4.78 is 0. The van der Waals surface area contributed by atoms with Crippen LogP contribution in [0.5, 0.6) is 0 Å². The van der Waals surface area contributed by atoms with Gasteiger partial charge in [0.15, 0.2) is 0 Å². The summed E-state index contributed by atoms with van der Waals surface area (Å²) in [6.07, 6.45) is 0.626. The van der Waals surface area contributed by atoms with Gasteiger partial charge in [0, 0.05) is 34.6 Å². The topological polar surface area (TPSA) is 77.2 Å². The maximum atomic E-state index is 12.9. The zero-order chi connectivity index (χ0) is 18.1. The second kappa shape index (κ2) is 6.76. The van der Waals surface area contributed by atoms with Gasteiger partial charge in [0.05, 0.1) is 5.60 Å². The molecule has 0 spiro atoms. The molecule has 1 amide bonds. The van der Waals surface area contributed by atoms with Crippen LogP contribution in [0.25, 0.3) is 22.0 Å². The predicted octanol–water partition coefficient (Wildman–Crippen LogP) is 2.94. The van der Waals surface area contributed by atoms with Gasteiger partial charge in [0.2, 0.25) is 0 Å². The number of aromatic amines is 1. The van der Waals surface area contributed by atoms with E-state index in [1.54, 1.807) is 6.07 Å². The average Bonchev–Trinajstić information content (AvgIpc) is 3.24. The van der Waals surface area contributed by atoms with Crippen molar-refractivity contribution in [3.8, 4) is 11.1 Å². The SMILES string of the molecule is O=C(NC[C@]1(O)CCNC1)c1[nH]c2ccc(Cl)cc2c1-c1ccccc1. The van der Waals surface area contributed by atoms with Crippen LogP contribution in [0.15, 0.2) is 48.5 Å². The van der Waals surface area contributed by atoms with Gasteiger partial charge in [-0.15, -0.1) is 0 Å². The molecule has 3 aromatic rings. The van der Waals surface area contributed by atoms with Gasteiger partial charge in [-0.25, -0.2) is 0 Å². The van der Waals surface area contributed by atoms with Gasteiger partial charge in [-0.2, -0.15) is 0 Å². The van der Waals surface area contributed by atoms with E-state index >= 15 is 0 Å². The van der Waals surface area contributed by atoms with Crippen molar-refractivity contribution in [3.05, 3.63) is 59.2 Å². The van der Waals surface area contributed by atoms with E-state index in [4.69, 9.17) is 11.6 Å². The Balaban J connectivity index is 1.73. The summed E-state index contributed by atoms with van der Waals surface area (Å²) in [5.41, 5.74) is 2.19. The number of rotatable bonds is 4. The summed E-state index contributed by atoms with van der Waals surface area (Å²) >= 11 is 6.18. The molecule has 0 unspecified atom stereocenters. The molecule has 2 heterocycles. The minimum Gasteiger partial charge on any atom is -0.387 e. The van der Waals surface area contributed by atoms with Crippen molar-refractivity contribution in [1.82, 2.24) is 15.6 Å². The van der Waals surface area contributed by atoms with Gasteiger partial charge in [-0.1, -0.05) is 41.9 Å². The van der Waals surface area contributed by atoms with E-state index in [9.17, 15) is 9.90 Å². The number of H-pyrrole nitrogens is 1. The summed E-state index contributed by atoms with van der Waals surface area (Å²) in [7, 11) is 0. The number of aromatic nitrogens is 1. The van der Waals surface area contributed by atoms with Crippen LogP contribution in [-0.4, -0.2) is 41.2 Å². The van der Waals surface area contributed by atoms with Crippen LogP contribution in [-0.2, 0) is 0 Å². The number of fused-ring (bicyclic) bond motifs is 1. The fourth-order valence-corrected chi connectivity index (χ4v) is 3.63. The predicted molar refractivity (Wildman–Crippen MR) is 104 cm³/mol. The number of amides is 1. The quantitative estimate of drug-likeness (QED) is 0.571. The highest BCUT2D eigenvalue weighted by molar-refractivity contribution is 6.31. The first-order chi connectivity index (χ1) is 12.6. The maximum Gasteiger partial charge on any atom is 0.268 e. The third-order valence-electron chi connectivity index (χ3n) is 4.85. The normalized spacial score (nSPS) is 19.8. The van der Waals surface area contributed by atoms with Crippen LogP contribution in [0, 0.1) is 0 Å². The van der Waals surface area contributed by atoms with Gasteiger partial charge < -0.3 is 20.7 Å². The molecule has 1 fully saturated rings. The van der Waals surface area contributed by atoms with E-state index in [1.165, 1.54) is 0 Å². The summed E-state index contributed by atoms with van der Waals surface area (Å²) in [5.74, 6) is -0.239. The second-order valence-electron chi connectivity index (χ2n) is 6.76. The first kappa shape index (κ1) is 17.1. The van der Waals surface area contributed by atoms with Gasteiger partial charge in [-0.05, 0) is 36.7 Å². The van der Waals surface area contributed by atoms with E-state index in [0.717, 1.165) is 28.6 Å². The molecule has 1 atom stereocenters. The highest BCUT2D eigenvalue weighted by Gasteiger charge is 2.32. The fraction of sp³-hybridized carbons (Fsp3) is 0.250. The minimum atomic E-state index is -0.891. The number of hydrogen-bond donors (Lipinski definition) is 4. The number of halogens is 1. The molecular formula is C20H20ClN3O2. The Morgan fingerprint density at radius 3 is 2.77 bits per heavy atom. The van der Waals surface area contributed by atoms with Crippen molar-refractivity contribution < 1.29 is 9.90 Å². The molecule has 0 aliphatic carbocycles. The molecule has 1 aliphatic heterocycles. The number of hydrogen-bond acceptors (Lipinski definition) is 3. The highest BCUT2D eigenvalue weighted by atomic mass is 35.5.